The predicted molar refractivity (Wildman–Crippen MR) is 102 cm³/mol. The smallest absolute Gasteiger partial charge is 0.224 e. The summed E-state index contributed by atoms with van der Waals surface area (Å²) in [4.78, 5) is 25.8. The lowest BCUT2D eigenvalue weighted by molar-refractivity contribution is -0.121. The van der Waals surface area contributed by atoms with Crippen molar-refractivity contribution < 1.29 is 9.59 Å². The number of carbonyl (C=O) groups is 2. The number of hydrogen-bond acceptors (Lipinski definition) is 2. The highest BCUT2D eigenvalue weighted by atomic mass is 16.2. The maximum atomic E-state index is 12.1. The molecule has 0 aliphatic rings. The fraction of sp³-hybridized carbons (Fsp3) is 0.333. The van der Waals surface area contributed by atoms with Gasteiger partial charge in [0.15, 0.2) is 0 Å². The molecular formula is C21H26N2O2. The van der Waals surface area contributed by atoms with Crippen LogP contribution in [-0.2, 0) is 16.0 Å². The van der Waals surface area contributed by atoms with Crippen LogP contribution in [0.5, 0.6) is 0 Å². The number of anilines is 1. The van der Waals surface area contributed by atoms with E-state index >= 15 is 0 Å². The minimum atomic E-state index is -0.0343. The van der Waals surface area contributed by atoms with Crippen molar-refractivity contribution >= 4 is 17.5 Å². The summed E-state index contributed by atoms with van der Waals surface area (Å²) in [6.45, 7) is 8.48. The second-order valence-electron chi connectivity index (χ2n) is 6.47. The van der Waals surface area contributed by atoms with Crippen molar-refractivity contribution in [3.8, 4) is 0 Å². The molecule has 0 aromatic heterocycles. The number of hydrogen-bond donors (Lipinski definition) is 1. The van der Waals surface area contributed by atoms with E-state index in [0.29, 0.717) is 19.5 Å². The maximum absolute atomic E-state index is 12.1. The summed E-state index contributed by atoms with van der Waals surface area (Å²) >= 11 is 0. The molecule has 2 aromatic carbocycles. The molecule has 0 saturated carbocycles. The Kier molecular flexibility index (Phi) is 6.34. The first-order valence-electron chi connectivity index (χ1n) is 8.54. The van der Waals surface area contributed by atoms with Crippen molar-refractivity contribution in [1.29, 1.82) is 0 Å². The van der Waals surface area contributed by atoms with Crippen LogP contribution in [-0.4, -0.2) is 24.9 Å². The minimum absolute atomic E-state index is 0.0280. The summed E-state index contributed by atoms with van der Waals surface area (Å²) in [7, 11) is 0. The van der Waals surface area contributed by atoms with Gasteiger partial charge in [0, 0.05) is 25.7 Å². The van der Waals surface area contributed by atoms with Crippen LogP contribution in [0, 0.1) is 20.8 Å². The zero-order valence-electron chi connectivity index (χ0n) is 15.4. The van der Waals surface area contributed by atoms with Gasteiger partial charge in [0.05, 0.1) is 6.42 Å². The van der Waals surface area contributed by atoms with Gasteiger partial charge in [-0.05, 0) is 38.0 Å². The molecule has 0 fully saturated rings. The highest BCUT2D eigenvalue weighted by Crippen LogP contribution is 2.21. The van der Waals surface area contributed by atoms with E-state index in [4.69, 9.17) is 0 Å². The van der Waals surface area contributed by atoms with Crippen molar-refractivity contribution in [2.24, 2.45) is 0 Å². The van der Waals surface area contributed by atoms with Crippen LogP contribution >= 0.6 is 0 Å². The van der Waals surface area contributed by atoms with Gasteiger partial charge >= 0.3 is 0 Å². The largest absolute Gasteiger partial charge is 0.354 e. The Morgan fingerprint density at radius 1 is 0.960 bits per heavy atom. The van der Waals surface area contributed by atoms with Crippen LogP contribution in [0.4, 0.5) is 5.69 Å². The number of nitrogens with zero attached hydrogens (tertiary/aromatic N) is 1. The molecule has 0 unspecified atom stereocenters. The van der Waals surface area contributed by atoms with Crippen molar-refractivity contribution in [1.82, 2.24) is 5.32 Å². The van der Waals surface area contributed by atoms with E-state index in [1.807, 2.05) is 57.2 Å². The van der Waals surface area contributed by atoms with Crippen molar-refractivity contribution in [3.05, 3.63) is 64.7 Å². The van der Waals surface area contributed by atoms with Crippen LogP contribution in [0.25, 0.3) is 0 Å². The molecule has 0 aliphatic carbocycles. The van der Waals surface area contributed by atoms with Crippen molar-refractivity contribution in [2.45, 2.75) is 34.1 Å². The number of benzene rings is 2. The van der Waals surface area contributed by atoms with Gasteiger partial charge in [-0.15, -0.1) is 0 Å². The third-order valence-electron chi connectivity index (χ3n) is 4.17. The zero-order valence-corrected chi connectivity index (χ0v) is 15.4. The van der Waals surface area contributed by atoms with E-state index in [0.717, 1.165) is 22.4 Å². The van der Waals surface area contributed by atoms with Gasteiger partial charge in [-0.3, -0.25) is 9.59 Å². The van der Waals surface area contributed by atoms with E-state index in [2.05, 4.69) is 11.4 Å². The standard InChI is InChI=1S/C21H26N2O2/c1-15-5-8-19(9-6-15)14-21(25)22-11-12-23(18(4)24)20-10-7-16(2)13-17(20)3/h5-10,13H,11-12,14H2,1-4H3,(H,22,25). The molecule has 0 bridgehead atoms. The van der Waals surface area contributed by atoms with E-state index in [-0.39, 0.29) is 11.8 Å². The fourth-order valence-corrected chi connectivity index (χ4v) is 2.82. The Morgan fingerprint density at radius 2 is 1.60 bits per heavy atom. The first-order valence-corrected chi connectivity index (χ1v) is 8.54. The van der Waals surface area contributed by atoms with Gasteiger partial charge in [-0.25, -0.2) is 0 Å². The molecule has 0 aliphatic heterocycles. The molecule has 132 valence electrons. The van der Waals surface area contributed by atoms with E-state index in [9.17, 15) is 9.59 Å². The molecule has 2 rings (SSSR count). The number of amides is 2. The molecule has 2 aromatic rings. The van der Waals surface area contributed by atoms with Gasteiger partial charge < -0.3 is 10.2 Å². The van der Waals surface area contributed by atoms with Gasteiger partial charge in [0.25, 0.3) is 0 Å². The fourth-order valence-electron chi connectivity index (χ4n) is 2.82. The average molecular weight is 338 g/mol. The summed E-state index contributed by atoms with van der Waals surface area (Å²) in [5, 5.41) is 2.90. The summed E-state index contributed by atoms with van der Waals surface area (Å²) in [6, 6.07) is 13.9. The van der Waals surface area contributed by atoms with E-state index < -0.39 is 0 Å². The molecule has 0 heterocycles. The second-order valence-corrected chi connectivity index (χ2v) is 6.47. The Bertz CT molecular complexity index is 751. The summed E-state index contributed by atoms with van der Waals surface area (Å²) in [6.07, 6.45) is 0.351. The van der Waals surface area contributed by atoms with Crippen molar-refractivity contribution in [3.63, 3.8) is 0 Å². The lowest BCUT2D eigenvalue weighted by Crippen LogP contribution is -2.38. The van der Waals surface area contributed by atoms with E-state index in [1.54, 1.807) is 11.8 Å². The molecular weight excluding hydrogens is 312 g/mol. The third kappa shape index (κ3) is 5.45. The minimum Gasteiger partial charge on any atom is -0.354 e. The molecule has 25 heavy (non-hydrogen) atoms. The molecule has 0 spiro atoms. The number of carbonyl (C=O) groups excluding carboxylic acids is 2. The Labute approximate surface area is 149 Å². The normalized spacial score (nSPS) is 10.4. The monoisotopic (exact) mass is 338 g/mol. The zero-order chi connectivity index (χ0) is 18.4. The SMILES string of the molecule is CC(=O)N(CCNC(=O)Cc1ccc(C)cc1)c1ccc(C)cc1C. The third-order valence-corrected chi connectivity index (χ3v) is 4.17. The molecule has 4 heteroatoms. The first kappa shape index (κ1) is 18.7. The predicted octanol–water partition coefficient (Wildman–Crippen LogP) is 3.32. The van der Waals surface area contributed by atoms with Gasteiger partial charge in [0.1, 0.15) is 0 Å². The number of rotatable bonds is 6. The molecule has 0 atom stereocenters. The van der Waals surface area contributed by atoms with Crippen molar-refractivity contribution in [2.75, 3.05) is 18.0 Å². The number of nitrogens with one attached hydrogen (secondary N) is 1. The molecule has 2 amide bonds. The van der Waals surface area contributed by atoms with Gasteiger partial charge in [-0.1, -0.05) is 47.5 Å². The van der Waals surface area contributed by atoms with Gasteiger partial charge in [-0.2, -0.15) is 0 Å². The highest BCUT2D eigenvalue weighted by molar-refractivity contribution is 5.92. The Hall–Kier alpha value is -2.62. The number of aryl methyl sites for hydroxylation is 3. The van der Waals surface area contributed by atoms with Gasteiger partial charge in [0.2, 0.25) is 11.8 Å². The average Bonchev–Trinajstić information content (AvgIpc) is 2.54. The van der Waals surface area contributed by atoms with Crippen LogP contribution in [0.15, 0.2) is 42.5 Å². The summed E-state index contributed by atoms with van der Waals surface area (Å²) < 4.78 is 0. The molecule has 0 radical (unpaired) electrons. The van der Waals surface area contributed by atoms with Crippen LogP contribution in [0.1, 0.15) is 29.2 Å². The summed E-state index contributed by atoms with van der Waals surface area (Å²) in [5.74, 6) is -0.0623. The van der Waals surface area contributed by atoms with Crippen LogP contribution < -0.4 is 10.2 Å². The maximum Gasteiger partial charge on any atom is 0.224 e. The lowest BCUT2D eigenvalue weighted by Gasteiger charge is -2.23. The summed E-state index contributed by atoms with van der Waals surface area (Å²) in [5.41, 5.74) is 5.28. The highest BCUT2D eigenvalue weighted by Gasteiger charge is 2.14. The van der Waals surface area contributed by atoms with Crippen LogP contribution in [0.2, 0.25) is 0 Å². The lowest BCUT2D eigenvalue weighted by atomic mass is 10.1. The molecule has 1 N–H and O–H groups in total. The first-order chi connectivity index (χ1) is 11.9. The quantitative estimate of drug-likeness (QED) is 0.878. The Balaban J connectivity index is 1.92. The van der Waals surface area contributed by atoms with Crippen LogP contribution in [0.3, 0.4) is 0 Å². The second kappa shape index (κ2) is 8.47. The topological polar surface area (TPSA) is 49.4 Å². The van der Waals surface area contributed by atoms with E-state index in [1.165, 1.54) is 5.56 Å². The molecule has 0 saturated heterocycles. The Morgan fingerprint density at radius 3 is 2.20 bits per heavy atom. The molecule has 4 nitrogen and oxygen atoms in total.